The minimum atomic E-state index is 1.24. The Morgan fingerprint density at radius 2 is 1.44 bits per heavy atom. The lowest BCUT2D eigenvalue weighted by Gasteiger charge is -1.39. The van der Waals surface area contributed by atoms with Crippen molar-refractivity contribution in [3.05, 3.63) is 22.9 Å². The van der Waals surface area contributed by atoms with Crippen molar-refractivity contribution in [2.45, 2.75) is 0 Å². The Balaban J connectivity index is 0.000000148. The molecule has 0 amide bonds. The highest BCUT2D eigenvalue weighted by Crippen LogP contribution is 1.91. The molecule has 1 heterocycles. The minimum Gasteiger partial charge on any atom is -0.181 e. The molecule has 0 unspecified atom stereocenters. The molecule has 0 N–H and O–H groups in total. The first-order chi connectivity index (χ1) is 4.41. The second-order valence-electron chi connectivity index (χ2n) is 1.02. The number of hydrogen-bond donors (Lipinski definition) is 0. The van der Waals surface area contributed by atoms with Crippen LogP contribution in [-0.2, 0) is 0 Å². The zero-order valence-electron chi connectivity index (χ0n) is 4.61. The van der Waals surface area contributed by atoms with Crippen molar-refractivity contribution < 1.29 is 0 Å². The quantitative estimate of drug-likeness (QED) is 0.545. The third-order valence-electron chi connectivity index (χ3n) is 0.475. The highest BCUT2D eigenvalue weighted by atomic mass is 32.1. The Morgan fingerprint density at radius 1 is 1.00 bits per heavy atom. The summed E-state index contributed by atoms with van der Waals surface area (Å²) in [5.41, 5.74) is 0. The smallest absolute Gasteiger partial charge is 0.181 e. The van der Waals surface area contributed by atoms with Gasteiger partial charge in [0.1, 0.15) is 0 Å². The third kappa shape index (κ3) is 6.68. The van der Waals surface area contributed by atoms with E-state index < -0.39 is 0 Å². The van der Waals surface area contributed by atoms with Crippen LogP contribution >= 0.6 is 11.3 Å². The van der Waals surface area contributed by atoms with Gasteiger partial charge in [-0.25, -0.2) is 0 Å². The van der Waals surface area contributed by atoms with Crippen molar-refractivity contribution in [1.29, 1.82) is 10.5 Å². The molecule has 0 spiro atoms. The van der Waals surface area contributed by atoms with Gasteiger partial charge in [-0.1, -0.05) is 12.1 Å². The lowest BCUT2D eigenvalue weighted by molar-refractivity contribution is 1.49. The van der Waals surface area contributed by atoms with E-state index in [0.29, 0.717) is 0 Å². The van der Waals surface area contributed by atoms with Crippen molar-refractivity contribution in [3.63, 3.8) is 0 Å². The van der Waals surface area contributed by atoms with E-state index in [-0.39, 0.29) is 0 Å². The zero-order chi connectivity index (χ0) is 6.95. The van der Waals surface area contributed by atoms with Crippen LogP contribution in [0.5, 0.6) is 0 Å². The van der Waals surface area contributed by atoms with E-state index in [1.165, 1.54) is 12.1 Å². The maximum atomic E-state index is 7.26. The highest BCUT2D eigenvalue weighted by molar-refractivity contribution is 7.07. The second kappa shape index (κ2) is 6.68. The molecule has 0 bridgehead atoms. The standard InChI is InChI=1S/C4H4S.C2N2/c1-2-4-5-3-1;3-1-2-4/h1-4H;. The molecule has 0 radical (unpaired) electrons. The molecular formula is C6H4N2S. The van der Waals surface area contributed by atoms with E-state index in [2.05, 4.69) is 0 Å². The van der Waals surface area contributed by atoms with Gasteiger partial charge in [0.2, 0.25) is 0 Å². The SMILES string of the molecule is N#CC#N.c1ccsc1. The number of thiophene rings is 1. The molecular weight excluding hydrogens is 132 g/mol. The minimum absolute atomic E-state index is 1.24. The summed E-state index contributed by atoms with van der Waals surface area (Å²) in [7, 11) is 0. The van der Waals surface area contributed by atoms with Gasteiger partial charge in [0.05, 0.1) is 0 Å². The van der Waals surface area contributed by atoms with Gasteiger partial charge in [-0.3, -0.25) is 0 Å². The summed E-state index contributed by atoms with van der Waals surface area (Å²) in [6.07, 6.45) is 0. The highest BCUT2D eigenvalue weighted by Gasteiger charge is 1.58. The molecule has 0 aliphatic carbocycles. The van der Waals surface area contributed by atoms with Crippen molar-refractivity contribution in [2.75, 3.05) is 0 Å². The third-order valence-corrected chi connectivity index (χ3v) is 1.10. The molecule has 0 saturated carbocycles. The van der Waals surface area contributed by atoms with Gasteiger partial charge in [-0.2, -0.15) is 21.9 Å². The maximum Gasteiger partial charge on any atom is 0.181 e. The molecule has 9 heavy (non-hydrogen) atoms. The van der Waals surface area contributed by atoms with E-state index in [0.717, 1.165) is 0 Å². The number of hydrogen-bond acceptors (Lipinski definition) is 3. The largest absolute Gasteiger partial charge is 0.181 e. The predicted molar refractivity (Wildman–Crippen MR) is 35.5 cm³/mol. The first-order valence-electron chi connectivity index (χ1n) is 2.17. The monoisotopic (exact) mass is 136 g/mol. The van der Waals surface area contributed by atoms with Crippen molar-refractivity contribution in [1.82, 2.24) is 0 Å². The summed E-state index contributed by atoms with van der Waals surface area (Å²) in [6.45, 7) is 0. The zero-order valence-corrected chi connectivity index (χ0v) is 5.43. The van der Waals surface area contributed by atoms with Crippen LogP contribution in [0.25, 0.3) is 0 Å². The molecule has 0 aliphatic rings. The van der Waals surface area contributed by atoms with Crippen LogP contribution in [0.15, 0.2) is 22.9 Å². The van der Waals surface area contributed by atoms with Crippen molar-refractivity contribution in [3.8, 4) is 12.1 Å². The summed E-state index contributed by atoms with van der Waals surface area (Å²) in [4.78, 5) is 0. The van der Waals surface area contributed by atoms with E-state index in [9.17, 15) is 0 Å². The average Bonchev–Trinajstić information content (AvgIpc) is 2.43. The topological polar surface area (TPSA) is 47.6 Å². The Morgan fingerprint density at radius 3 is 1.56 bits per heavy atom. The molecule has 1 aromatic heterocycles. The Labute approximate surface area is 57.6 Å². The molecule has 1 aromatic rings. The Bertz CT molecular complexity index is 173. The van der Waals surface area contributed by atoms with Crippen LogP contribution < -0.4 is 0 Å². The number of nitriles is 2. The van der Waals surface area contributed by atoms with Crippen LogP contribution in [0.1, 0.15) is 0 Å². The lowest BCUT2D eigenvalue weighted by atomic mass is 10.7. The van der Waals surface area contributed by atoms with Gasteiger partial charge in [-0.05, 0) is 10.8 Å². The van der Waals surface area contributed by atoms with E-state index in [4.69, 9.17) is 10.5 Å². The fourth-order valence-electron chi connectivity index (χ4n) is 0.227. The van der Waals surface area contributed by atoms with Gasteiger partial charge in [0.25, 0.3) is 0 Å². The van der Waals surface area contributed by atoms with Crippen LogP contribution in [-0.4, -0.2) is 0 Å². The molecule has 3 heteroatoms. The predicted octanol–water partition coefficient (Wildman–Crippen LogP) is 1.78. The summed E-state index contributed by atoms with van der Waals surface area (Å²) in [5, 5.41) is 18.6. The maximum absolute atomic E-state index is 7.26. The van der Waals surface area contributed by atoms with E-state index in [1.54, 1.807) is 11.3 Å². The number of nitrogens with zero attached hydrogens (tertiary/aromatic N) is 2. The number of rotatable bonds is 0. The average molecular weight is 136 g/mol. The molecule has 44 valence electrons. The summed E-state index contributed by atoms with van der Waals surface area (Å²) in [6, 6.07) is 6.51. The second-order valence-corrected chi connectivity index (χ2v) is 1.83. The molecule has 2 nitrogen and oxygen atoms in total. The molecule has 1 rings (SSSR count). The fourth-order valence-corrected chi connectivity index (χ4v) is 0.680. The molecule has 0 aliphatic heterocycles. The molecule has 0 saturated heterocycles. The van der Waals surface area contributed by atoms with Gasteiger partial charge < -0.3 is 0 Å². The molecule has 0 fully saturated rings. The normalized spacial score (nSPS) is 5.56. The van der Waals surface area contributed by atoms with Crippen LogP contribution in [0, 0.1) is 22.7 Å². The van der Waals surface area contributed by atoms with Crippen LogP contribution in [0.4, 0.5) is 0 Å². The van der Waals surface area contributed by atoms with Gasteiger partial charge in [-0.15, -0.1) is 0 Å². The summed E-state index contributed by atoms with van der Waals surface area (Å²) >= 11 is 1.71. The first kappa shape index (κ1) is 7.68. The van der Waals surface area contributed by atoms with Crippen molar-refractivity contribution >= 4 is 11.3 Å². The van der Waals surface area contributed by atoms with Crippen LogP contribution in [0.2, 0.25) is 0 Å². The van der Waals surface area contributed by atoms with Crippen LogP contribution in [0.3, 0.4) is 0 Å². The Hall–Kier alpha value is -1.32. The van der Waals surface area contributed by atoms with E-state index in [1.807, 2.05) is 22.9 Å². The van der Waals surface area contributed by atoms with Gasteiger partial charge >= 0.3 is 0 Å². The summed E-state index contributed by atoms with van der Waals surface area (Å²) in [5.74, 6) is 0. The lowest BCUT2D eigenvalue weighted by Crippen LogP contribution is -1.26. The van der Waals surface area contributed by atoms with E-state index >= 15 is 0 Å². The van der Waals surface area contributed by atoms with Crippen molar-refractivity contribution in [2.24, 2.45) is 0 Å². The first-order valence-corrected chi connectivity index (χ1v) is 3.11. The van der Waals surface area contributed by atoms with Gasteiger partial charge in [0, 0.05) is 0 Å². The van der Waals surface area contributed by atoms with Gasteiger partial charge in [0.15, 0.2) is 12.1 Å². The molecule has 0 atom stereocenters. The fraction of sp³-hybridized carbons (Fsp3) is 0. The summed E-state index contributed by atoms with van der Waals surface area (Å²) < 4.78 is 0. The Kier molecular flexibility index (Phi) is 5.70. The molecule has 0 aromatic carbocycles.